The van der Waals surface area contributed by atoms with E-state index in [-0.39, 0.29) is 0 Å². The second-order valence-electron chi connectivity index (χ2n) is 5.69. The Bertz CT molecular complexity index is 901. The molecule has 0 radical (unpaired) electrons. The van der Waals surface area contributed by atoms with E-state index >= 15 is 0 Å². The Kier molecular flexibility index (Phi) is 5.98. The number of aryl methyl sites for hydroxylation is 1. The van der Waals surface area contributed by atoms with Crippen LogP contribution in [0.2, 0.25) is 10.0 Å². The van der Waals surface area contributed by atoms with Crippen LogP contribution < -0.4 is 9.62 Å². The van der Waals surface area contributed by atoms with E-state index in [1.165, 1.54) is 13.0 Å². The number of hydrogen-bond donors (Lipinski definition) is 1. The fraction of sp³-hybridized carbons (Fsp3) is 0.235. The van der Waals surface area contributed by atoms with Crippen LogP contribution in [0.5, 0.6) is 0 Å². The maximum Gasteiger partial charge on any atom is 0.248 e. The number of anilines is 2. The van der Waals surface area contributed by atoms with Gasteiger partial charge in [-0.3, -0.25) is 9.10 Å². The quantitative estimate of drug-likeness (QED) is 0.821. The summed E-state index contributed by atoms with van der Waals surface area (Å²) in [6.07, 6.45) is 1.06. The predicted octanol–water partition coefficient (Wildman–Crippen LogP) is 4.10. The summed E-state index contributed by atoms with van der Waals surface area (Å²) in [5.41, 5.74) is 1.63. The van der Waals surface area contributed by atoms with E-state index in [0.29, 0.717) is 21.4 Å². The highest BCUT2D eigenvalue weighted by Crippen LogP contribution is 2.27. The minimum absolute atomic E-state index is 0.311. The Morgan fingerprint density at radius 1 is 1.16 bits per heavy atom. The Morgan fingerprint density at radius 3 is 2.44 bits per heavy atom. The number of nitrogens with zero attached hydrogens (tertiary/aromatic N) is 1. The summed E-state index contributed by atoms with van der Waals surface area (Å²) in [5, 5.41) is 3.35. The largest absolute Gasteiger partial charge is 0.323 e. The molecule has 2 aromatic carbocycles. The molecule has 0 aromatic heterocycles. The number of benzene rings is 2. The van der Waals surface area contributed by atoms with Crippen molar-refractivity contribution < 1.29 is 13.2 Å². The maximum absolute atomic E-state index is 12.6. The monoisotopic (exact) mass is 400 g/mol. The summed E-state index contributed by atoms with van der Waals surface area (Å²) in [6, 6.07) is 10.6. The number of hydrogen-bond acceptors (Lipinski definition) is 3. The fourth-order valence-electron chi connectivity index (χ4n) is 2.40. The summed E-state index contributed by atoms with van der Waals surface area (Å²) in [7, 11) is -3.68. The van der Waals surface area contributed by atoms with Crippen LogP contribution in [0.1, 0.15) is 12.5 Å². The van der Waals surface area contributed by atoms with Gasteiger partial charge in [0.25, 0.3) is 0 Å². The number of carbonyl (C=O) groups excluding carboxylic acids is 1. The van der Waals surface area contributed by atoms with Gasteiger partial charge in [-0.1, -0.05) is 35.3 Å². The molecule has 2 aromatic rings. The third kappa shape index (κ3) is 4.87. The lowest BCUT2D eigenvalue weighted by molar-refractivity contribution is -0.116. The molecule has 0 aliphatic carbocycles. The van der Waals surface area contributed by atoms with Gasteiger partial charge in [0.15, 0.2) is 0 Å². The normalized spacial score (nSPS) is 12.5. The smallest absolute Gasteiger partial charge is 0.248 e. The van der Waals surface area contributed by atoms with Gasteiger partial charge in [0.1, 0.15) is 6.04 Å². The molecule has 0 bridgehead atoms. The number of amides is 1. The molecule has 0 heterocycles. The number of rotatable bonds is 5. The van der Waals surface area contributed by atoms with Gasteiger partial charge in [-0.05, 0) is 49.7 Å². The first kappa shape index (κ1) is 19.6. The van der Waals surface area contributed by atoms with Crippen molar-refractivity contribution in [3.63, 3.8) is 0 Å². The van der Waals surface area contributed by atoms with Gasteiger partial charge in [0.05, 0.1) is 22.7 Å². The number of sulfonamides is 1. The molecule has 1 amide bonds. The number of halogens is 2. The topological polar surface area (TPSA) is 66.5 Å². The van der Waals surface area contributed by atoms with Crippen LogP contribution in [-0.4, -0.2) is 26.6 Å². The van der Waals surface area contributed by atoms with Gasteiger partial charge in [-0.15, -0.1) is 0 Å². The van der Waals surface area contributed by atoms with E-state index in [4.69, 9.17) is 23.2 Å². The van der Waals surface area contributed by atoms with Gasteiger partial charge >= 0.3 is 0 Å². The average molecular weight is 401 g/mol. The average Bonchev–Trinajstić information content (AvgIpc) is 2.49. The third-order valence-corrected chi connectivity index (χ3v) is 5.34. The minimum atomic E-state index is -3.68. The van der Waals surface area contributed by atoms with Gasteiger partial charge in [-0.25, -0.2) is 8.42 Å². The van der Waals surface area contributed by atoms with Crippen LogP contribution in [-0.2, 0) is 14.8 Å². The van der Waals surface area contributed by atoms with E-state index in [0.717, 1.165) is 16.1 Å². The van der Waals surface area contributed by atoms with E-state index in [1.54, 1.807) is 30.3 Å². The first-order chi connectivity index (χ1) is 11.6. The Labute approximate surface area is 157 Å². The lowest BCUT2D eigenvalue weighted by atomic mass is 10.2. The standard InChI is InChI=1S/C17H18Cl2N2O3S/c1-11-5-4-6-14(9-11)21(25(3,23)24)12(2)17(22)20-16-10-13(18)7-8-15(16)19/h4-10,12H,1-3H3,(H,20,22)/t12-/m0/s1. The Morgan fingerprint density at radius 2 is 1.84 bits per heavy atom. The Balaban J connectivity index is 2.35. The van der Waals surface area contributed by atoms with Gasteiger partial charge in [0.2, 0.25) is 15.9 Å². The lowest BCUT2D eigenvalue weighted by Crippen LogP contribution is -2.45. The summed E-state index contributed by atoms with van der Waals surface area (Å²) in [5.74, 6) is -0.518. The zero-order valence-electron chi connectivity index (χ0n) is 14.0. The summed E-state index contributed by atoms with van der Waals surface area (Å²) in [4.78, 5) is 12.6. The van der Waals surface area contributed by atoms with E-state index in [9.17, 15) is 13.2 Å². The molecule has 134 valence electrons. The summed E-state index contributed by atoms with van der Waals surface area (Å²) >= 11 is 12.0. The van der Waals surface area contributed by atoms with E-state index in [2.05, 4.69) is 5.32 Å². The first-order valence-corrected chi connectivity index (χ1v) is 10.0. The molecular weight excluding hydrogens is 383 g/mol. The van der Waals surface area contributed by atoms with E-state index in [1.807, 2.05) is 13.0 Å². The van der Waals surface area contributed by atoms with E-state index < -0.39 is 22.0 Å². The van der Waals surface area contributed by atoms with Gasteiger partial charge < -0.3 is 5.32 Å². The second kappa shape index (κ2) is 7.64. The molecule has 0 unspecified atom stereocenters. The molecule has 1 N–H and O–H groups in total. The van der Waals surface area contributed by atoms with Crippen molar-refractivity contribution in [2.45, 2.75) is 19.9 Å². The fourth-order valence-corrected chi connectivity index (χ4v) is 3.91. The van der Waals surface area contributed by atoms with Crippen molar-refractivity contribution >= 4 is 50.5 Å². The number of carbonyl (C=O) groups is 1. The molecule has 25 heavy (non-hydrogen) atoms. The van der Waals surface area contributed by atoms with Crippen LogP contribution in [0, 0.1) is 6.92 Å². The molecule has 1 atom stereocenters. The zero-order chi connectivity index (χ0) is 18.8. The van der Waals surface area contributed by atoms with Crippen molar-refractivity contribution in [2.24, 2.45) is 0 Å². The minimum Gasteiger partial charge on any atom is -0.323 e. The van der Waals surface area contributed by atoms with Crippen molar-refractivity contribution in [3.05, 3.63) is 58.1 Å². The van der Waals surface area contributed by atoms with Crippen LogP contribution >= 0.6 is 23.2 Å². The van der Waals surface area contributed by atoms with Gasteiger partial charge in [0, 0.05) is 5.02 Å². The highest BCUT2D eigenvalue weighted by molar-refractivity contribution is 7.92. The van der Waals surface area contributed by atoms with Gasteiger partial charge in [-0.2, -0.15) is 0 Å². The molecule has 0 aliphatic rings. The van der Waals surface area contributed by atoms with Crippen molar-refractivity contribution in [2.75, 3.05) is 15.9 Å². The van der Waals surface area contributed by atoms with Crippen molar-refractivity contribution in [3.8, 4) is 0 Å². The van der Waals surface area contributed by atoms with Crippen LogP contribution in [0.3, 0.4) is 0 Å². The Hall–Kier alpha value is -1.76. The highest BCUT2D eigenvalue weighted by Gasteiger charge is 2.29. The van der Waals surface area contributed by atoms with Crippen LogP contribution in [0.4, 0.5) is 11.4 Å². The van der Waals surface area contributed by atoms with Crippen LogP contribution in [0.25, 0.3) is 0 Å². The molecule has 0 aliphatic heterocycles. The van der Waals surface area contributed by atoms with Crippen LogP contribution in [0.15, 0.2) is 42.5 Å². The molecule has 0 fully saturated rings. The molecule has 0 spiro atoms. The SMILES string of the molecule is Cc1cccc(N([C@@H](C)C(=O)Nc2cc(Cl)ccc2Cl)S(C)(=O)=O)c1. The third-order valence-electron chi connectivity index (χ3n) is 3.53. The summed E-state index contributed by atoms with van der Waals surface area (Å²) < 4.78 is 25.6. The molecule has 0 saturated heterocycles. The molecule has 5 nitrogen and oxygen atoms in total. The molecule has 0 saturated carbocycles. The molecular formula is C17H18Cl2N2O3S. The lowest BCUT2D eigenvalue weighted by Gasteiger charge is -2.28. The maximum atomic E-state index is 12.6. The number of nitrogens with one attached hydrogen (secondary N) is 1. The highest BCUT2D eigenvalue weighted by atomic mass is 35.5. The summed E-state index contributed by atoms with van der Waals surface area (Å²) in [6.45, 7) is 3.36. The molecule has 8 heteroatoms. The zero-order valence-corrected chi connectivity index (χ0v) is 16.3. The molecule has 2 rings (SSSR count). The predicted molar refractivity (Wildman–Crippen MR) is 103 cm³/mol. The first-order valence-electron chi connectivity index (χ1n) is 7.41. The van der Waals surface area contributed by atoms with Crippen molar-refractivity contribution in [1.29, 1.82) is 0 Å². The second-order valence-corrected chi connectivity index (χ2v) is 8.39. The van der Waals surface area contributed by atoms with Crippen molar-refractivity contribution in [1.82, 2.24) is 0 Å².